The minimum Gasteiger partial charge on any atom is -0.481 e. The third kappa shape index (κ3) is 6.59. The molecule has 1 unspecified atom stereocenters. The fraction of sp³-hybridized carbons (Fsp3) is 0.500. The number of halogens is 1. The summed E-state index contributed by atoms with van der Waals surface area (Å²) in [6.45, 7) is 2.55. The molecule has 0 fully saturated rings. The molecule has 0 aliphatic rings. The van der Waals surface area contributed by atoms with Crippen molar-refractivity contribution >= 4 is 21.8 Å². The summed E-state index contributed by atoms with van der Waals surface area (Å²) in [7, 11) is 0. The van der Waals surface area contributed by atoms with Gasteiger partial charge in [-0.05, 0) is 50.5 Å². The van der Waals surface area contributed by atoms with Gasteiger partial charge in [-0.25, -0.2) is 0 Å². The van der Waals surface area contributed by atoms with Crippen LogP contribution in [0.2, 0.25) is 0 Å². The summed E-state index contributed by atoms with van der Waals surface area (Å²) in [5.41, 5.74) is 0. The first-order valence-corrected chi connectivity index (χ1v) is 7.23. The number of unbranched alkanes of at least 4 members (excludes halogenated alkanes) is 2. The van der Waals surface area contributed by atoms with Crippen LogP contribution in [-0.2, 0) is 4.79 Å². The number of aliphatic hydroxyl groups excluding tert-OH is 1. The van der Waals surface area contributed by atoms with Crippen LogP contribution >= 0.6 is 15.9 Å². The molecule has 19 heavy (non-hydrogen) atoms. The molecule has 1 rings (SSSR count). The van der Waals surface area contributed by atoms with E-state index in [1.807, 2.05) is 24.3 Å². The largest absolute Gasteiger partial charge is 0.481 e. The highest BCUT2D eigenvalue weighted by atomic mass is 79.9. The molecule has 2 N–H and O–H groups in total. The summed E-state index contributed by atoms with van der Waals surface area (Å²) in [5, 5.41) is 11.5. The second-order valence-corrected chi connectivity index (χ2v) is 5.20. The lowest BCUT2D eigenvalue weighted by atomic mass is 10.2. The molecule has 1 aromatic carbocycles. The van der Waals surface area contributed by atoms with Gasteiger partial charge in [-0.3, -0.25) is 4.79 Å². The number of aliphatic hydroxyl groups is 1. The lowest BCUT2D eigenvalue weighted by molar-refractivity contribution is -0.127. The first-order valence-electron chi connectivity index (χ1n) is 6.44. The molecule has 0 heterocycles. The maximum Gasteiger partial charge on any atom is 0.260 e. The Hall–Kier alpha value is -1.07. The van der Waals surface area contributed by atoms with Gasteiger partial charge in [-0.2, -0.15) is 0 Å². The third-order valence-electron chi connectivity index (χ3n) is 2.63. The molecule has 0 saturated carbocycles. The summed E-state index contributed by atoms with van der Waals surface area (Å²) >= 11 is 3.34. The van der Waals surface area contributed by atoms with Crippen molar-refractivity contribution in [3.8, 4) is 5.75 Å². The average molecular weight is 330 g/mol. The number of hydrogen-bond donors (Lipinski definition) is 2. The highest BCUT2D eigenvalue weighted by molar-refractivity contribution is 9.10. The van der Waals surface area contributed by atoms with Crippen LogP contribution in [0.3, 0.4) is 0 Å². The second-order valence-electron chi connectivity index (χ2n) is 4.29. The van der Waals surface area contributed by atoms with Crippen molar-refractivity contribution in [2.75, 3.05) is 13.2 Å². The Kier molecular flexibility index (Phi) is 7.52. The average Bonchev–Trinajstić information content (AvgIpc) is 2.41. The number of amides is 1. The van der Waals surface area contributed by atoms with Gasteiger partial charge in [-0.15, -0.1) is 0 Å². The van der Waals surface area contributed by atoms with Gasteiger partial charge in [0.1, 0.15) is 5.75 Å². The van der Waals surface area contributed by atoms with Gasteiger partial charge >= 0.3 is 0 Å². The molecule has 0 spiro atoms. The summed E-state index contributed by atoms with van der Waals surface area (Å²) in [6, 6.07) is 7.37. The quantitative estimate of drug-likeness (QED) is 0.720. The Morgan fingerprint density at radius 3 is 2.63 bits per heavy atom. The van der Waals surface area contributed by atoms with Crippen LogP contribution in [0.4, 0.5) is 0 Å². The van der Waals surface area contributed by atoms with E-state index in [0.717, 1.165) is 23.7 Å². The van der Waals surface area contributed by atoms with E-state index in [9.17, 15) is 4.79 Å². The lowest BCUT2D eigenvalue weighted by Crippen LogP contribution is -2.36. The summed E-state index contributed by atoms with van der Waals surface area (Å²) in [4.78, 5) is 11.8. The summed E-state index contributed by atoms with van der Waals surface area (Å²) in [5.74, 6) is 0.554. The number of benzene rings is 1. The zero-order valence-electron chi connectivity index (χ0n) is 11.1. The van der Waals surface area contributed by atoms with Gasteiger partial charge in [0, 0.05) is 17.6 Å². The van der Waals surface area contributed by atoms with Gasteiger partial charge in [0.2, 0.25) is 0 Å². The molecular formula is C14H20BrNO3. The zero-order chi connectivity index (χ0) is 14.1. The Balaban J connectivity index is 2.26. The second kappa shape index (κ2) is 8.93. The van der Waals surface area contributed by atoms with Crippen LogP contribution in [0.5, 0.6) is 5.75 Å². The van der Waals surface area contributed by atoms with Crippen LogP contribution in [0.25, 0.3) is 0 Å². The normalized spacial score (nSPS) is 11.9. The zero-order valence-corrected chi connectivity index (χ0v) is 12.6. The Bertz CT molecular complexity index is 381. The SMILES string of the molecule is CC(Oc1ccc(Br)cc1)C(=O)NCCCCCO. The van der Waals surface area contributed by atoms with Gasteiger partial charge < -0.3 is 15.2 Å². The van der Waals surface area contributed by atoms with Crippen LogP contribution in [-0.4, -0.2) is 30.3 Å². The molecule has 1 atom stereocenters. The van der Waals surface area contributed by atoms with Crippen LogP contribution < -0.4 is 10.1 Å². The Morgan fingerprint density at radius 2 is 2.00 bits per heavy atom. The highest BCUT2D eigenvalue weighted by Crippen LogP contribution is 2.17. The van der Waals surface area contributed by atoms with E-state index in [1.165, 1.54) is 0 Å². The molecule has 1 aromatic rings. The van der Waals surface area contributed by atoms with Crippen molar-refractivity contribution in [3.63, 3.8) is 0 Å². The molecule has 106 valence electrons. The van der Waals surface area contributed by atoms with Gasteiger partial charge in [-0.1, -0.05) is 15.9 Å². The van der Waals surface area contributed by atoms with Crippen molar-refractivity contribution in [3.05, 3.63) is 28.7 Å². The standard InChI is InChI=1S/C14H20BrNO3/c1-11(14(18)16-9-3-2-4-10-17)19-13-7-5-12(15)6-8-13/h5-8,11,17H,2-4,9-10H2,1H3,(H,16,18). The Labute approximate surface area is 122 Å². The minimum absolute atomic E-state index is 0.119. The summed E-state index contributed by atoms with van der Waals surface area (Å²) < 4.78 is 6.51. The van der Waals surface area contributed by atoms with E-state index in [4.69, 9.17) is 9.84 Å². The molecule has 1 amide bonds. The fourth-order valence-electron chi connectivity index (χ4n) is 1.54. The van der Waals surface area contributed by atoms with E-state index in [-0.39, 0.29) is 12.5 Å². The predicted octanol–water partition coefficient (Wildman–Crippen LogP) is 2.50. The first kappa shape index (κ1) is 16.0. The number of rotatable bonds is 8. The maximum atomic E-state index is 11.8. The van der Waals surface area contributed by atoms with Crippen LogP contribution in [0, 0.1) is 0 Å². The van der Waals surface area contributed by atoms with Crippen LogP contribution in [0.15, 0.2) is 28.7 Å². The molecule has 0 radical (unpaired) electrons. The van der Waals surface area contributed by atoms with Crippen molar-refractivity contribution in [1.82, 2.24) is 5.32 Å². The number of carbonyl (C=O) groups excluding carboxylic acids is 1. The van der Waals surface area contributed by atoms with Crippen molar-refractivity contribution in [2.24, 2.45) is 0 Å². The minimum atomic E-state index is -0.515. The number of carbonyl (C=O) groups is 1. The number of nitrogens with one attached hydrogen (secondary N) is 1. The van der Waals surface area contributed by atoms with Gasteiger partial charge in [0.05, 0.1) is 0 Å². The maximum absolute atomic E-state index is 11.8. The molecule has 0 aromatic heterocycles. The molecule has 0 aliphatic heterocycles. The topological polar surface area (TPSA) is 58.6 Å². The molecule has 0 bridgehead atoms. The van der Waals surface area contributed by atoms with E-state index < -0.39 is 6.10 Å². The molecular weight excluding hydrogens is 310 g/mol. The van der Waals surface area contributed by atoms with E-state index >= 15 is 0 Å². The van der Waals surface area contributed by atoms with E-state index in [2.05, 4.69) is 21.2 Å². The molecule has 4 nitrogen and oxygen atoms in total. The van der Waals surface area contributed by atoms with Crippen molar-refractivity contribution in [2.45, 2.75) is 32.3 Å². The summed E-state index contributed by atoms with van der Waals surface area (Å²) in [6.07, 6.45) is 2.05. The van der Waals surface area contributed by atoms with E-state index in [0.29, 0.717) is 12.3 Å². The van der Waals surface area contributed by atoms with Gasteiger partial charge in [0.25, 0.3) is 5.91 Å². The molecule has 0 aliphatic carbocycles. The Morgan fingerprint density at radius 1 is 1.32 bits per heavy atom. The third-order valence-corrected chi connectivity index (χ3v) is 3.16. The lowest BCUT2D eigenvalue weighted by Gasteiger charge is -2.14. The monoisotopic (exact) mass is 329 g/mol. The number of hydrogen-bond acceptors (Lipinski definition) is 3. The smallest absolute Gasteiger partial charge is 0.260 e. The van der Waals surface area contributed by atoms with Crippen LogP contribution in [0.1, 0.15) is 26.2 Å². The highest BCUT2D eigenvalue weighted by Gasteiger charge is 2.13. The van der Waals surface area contributed by atoms with Gasteiger partial charge in [0.15, 0.2) is 6.10 Å². The molecule has 5 heteroatoms. The fourth-order valence-corrected chi connectivity index (χ4v) is 1.80. The molecule has 0 saturated heterocycles. The van der Waals surface area contributed by atoms with Crippen molar-refractivity contribution < 1.29 is 14.6 Å². The predicted molar refractivity (Wildman–Crippen MR) is 78.2 cm³/mol. The van der Waals surface area contributed by atoms with E-state index in [1.54, 1.807) is 6.92 Å². The number of ether oxygens (including phenoxy) is 1. The van der Waals surface area contributed by atoms with Crippen molar-refractivity contribution in [1.29, 1.82) is 0 Å². The first-order chi connectivity index (χ1) is 9.13.